The lowest BCUT2D eigenvalue weighted by atomic mass is 10.2. The van der Waals surface area contributed by atoms with Crippen molar-refractivity contribution in [3.63, 3.8) is 0 Å². The Kier molecular flexibility index (Phi) is 9.58. The normalized spacial score (nSPS) is 12.9. The summed E-state index contributed by atoms with van der Waals surface area (Å²) in [5, 5.41) is 3.10. The van der Waals surface area contributed by atoms with Crippen LogP contribution in [0.25, 0.3) is 0 Å². The quantitative estimate of drug-likeness (QED) is 0.446. The van der Waals surface area contributed by atoms with Crippen LogP contribution in [0.2, 0.25) is 0 Å². The Morgan fingerprint density at radius 3 is 2.50 bits per heavy atom. The number of guanidine groups is 1. The molecule has 4 nitrogen and oxygen atoms in total. The highest BCUT2D eigenvalue weighted by molar-refractivity contribution is 14.0. The van der Waals surface area contributed by atoms with Gasteiger partial charge in [-0.25, -0.2) is 0 Å². The molecule has 114 valence electrons. The van der Waals surface area contributed by atoms with E-state index < -0.39 is 0 Å². The molecule has 0 heterocycles. The summed E-state index contributed by atoms with van der Waals surface area (Å²) in [5.41, 5.74) is 8.07. The highest BCUT2D eigenvalue weighted by atomic mass is 127. The van der Waals surface area contributed by atoms with Crippen molar-refractivity contribution in [2.45, 2.75) is 33.2 Å². The van der Waals surface area contributed by atoms with E-state index in [2.05, 4.69) is 43.0 Å². The highest BCUT2D eigenvalue weighted by Gasteiger charge is 2.05. The number of aliphatic imine (C=N–C) groups is 1. The standard InChI is InChI=1S/C15H26N4.HI/c1-5-13(3)19(4)11-10-17-15(16)18-14-8-6-12(2)7-9-14;/h6-9,13H,5,10-11H2,1-4H3,(H3,16,17,18);1H. The van der Waals surface area contributed by atoms with Crippen molar-refractivity contribution in [2.24, 2.45) is 10.7 Å². The minimum absolute atomic E-state index is 0. The average Bonchev–Trinajstić information content (AvgIpc) is 2.40. The summed E-state index contributed by atoms with van der Waals surface area (Å²) in [6.07, 6.45) is 1.15. The minimum Gasteiger partial charge on any atom is -0.370 e. The van der Waals surface area contributed by atoms with Gasteiger partial charge in [-0.3, -0.25) is 4.99 Å². The maximum Gasteiger partial charge on any atom is 0.193 e. The van der Waals surface area contributed by atoms with Crippen LogP contribution in [0.4, 0.5) is 5.69 Å². The Morgan fingerprint density at radius 2 is 1.95 bits per heavy atom. The second kappa shape index (κ2) is 9.99. The maximum absolute atomic E-state index is 5.86. The fourth-order valence-electron chi connectivity index (χ4n) is 1.68. The molecule has 20 heavy (non-hydrogen) atoms. The van der Waals surface area contributed by atoms with Crippen molar-refractivity contribution in [2.75, 3.05) is 25.5 Å². The number of aryl methyl sites for hydroxylation is 1. The van der Waals surface area contributed by atoms with Gasteiger partial charge in [0, 0.05) is 18.3 Å². The Hall–Kier alpha value is -0.820. The highest BCUT2D eigenvalue weighted by Crippen LogP contribution is 2.07. The molecule has 5 heteroatoms. The van der Waals surface area contributed by atoms with Crippen molar-refractivity contribution in [1.82, 2.24) is 4.90 Å². The van der Waals surface area contributed by atoms with Crippen LogP contribution in [0.3, 0.4) is 0 Å². The SMILES string of the molecule is CCC(C)N(C)CCN=C(N)Nc1ccc(C)cc1.I. The summed E-state index contributed by atoms with van der Waals surface area (Å²) in [7, 11) is 2.12. The predicted molar refractivity (Wildman–Crippen MR) is 99.1 cm³/mol. The van der Waals surface area contributed by atoms with Crippen molar-refractivity contribution in [3.8, 4) is 0 Å². The zero-order valence-corrected chi connectivity index (χ0v) is 15.2. The van der Waals surface area contributed by atoms with Crippen LogP contribution < -0.4 is 11.1 Å². The van der Waals surface area contributed by atoms with Crippen LogP contribution >= 0.6 is 24.0 Å². The maximum atomic E-state index is 5.86. The molecule has 0 saturated carbocycles. The van der Waals surface area contributed by atoms with Gasteiger partial charge in [0.15, 0.2) is 5.96 Å². The van der Waals surface area contributed by atoms with Gasteiger partial charge in [0.2, 0.25) is 0 Å². The van der Waals surface area contributed by atoms with Gasteiger partial charge in [-0.2, -0.15) is 0 Å². The molecule has 0 saturated heterocycles. The van der Waals surface area contributed by atoms with E-state index >= 15 is 0 Å². The molecule has 0 aliphatic carbocycles. The number of anilines is 1. The van der Waals surface area contributed by atoms with E-state index in [1.807, 2.05) is 24.3 Å². The van der Waals surface area contributed by atoms with Crippen molar-refractivity contribution in [1.29, 1.82) is 0 Å². The number of nitrogens with one attached hydrogen (secondary N) is 1. The molecule has 0 radical (unpaired) electrons. The van der Waals surface area contributed by atoms with Crippen LogP contribution in [0.15, 0.2) is 29.3 Å². The molecule has 1 unspecified atom stereocenters. The third-order valence-electron chi connectivity index (χ3n) is 3.40. The summed E-state index contributed by atoms with van der Waals surface area (Å²) in [6.45, 7) is 8.11. The van der Waals surface area contributed by atoms with E-state index in [1.165, 1.54) is 5.56 Å². The van der Waals surface area contributed by atoms with E-state index in [4.69, 9.17) is 5.73 Å². The molecule has 0 spiro atoms. The van der Waals surface area contributed by atoms with Gasteiger partial charge in [0.25, 0.3) is 0 Å². The molecular weight excluding hydrogens is 363 g/mol. The number of benzene rings is 1. The third-order valence-corrected chi connectivity index (χ3v) is 3.40. The zero-order chi connectivity index (χ0) is 14.3. The molecule has 0 bridgehead atoms. The predicted octanol–water partition coefficient (Wildman–Crippen LogP) is 3.07. The number of hydrogen-bond acceptors (Lipinski definition) is 2. The second-order valence-corrected chi connectivity index (χ2v) is 5.00. The first kappa shape index (κ1) is 19.2. The van der Waals surface area contributed by atoms with Crippen LogP contribution in [-0.4, -0.2) is 37.0 Å². The number of likely N-dealkylation sites (N-methyl/N-ethyl adjacent to an activating group) is 1. The molecule has 1 aromatic carbocycles. The first-order valence-corrected chi connectivity index (χ1v) is 6.86. The summed E-state index contributed by atoms with van der Waals surface area (Å²) in [4.78, 5) is 6.63. The Balaban J connectivity index is 0.00000361. The average molecular weight is 390 g/mol. The molecule has 0 aromatic heterocycles. The van der Waals surface area contributed by atoms with E-state index in [-0.39, 0.29) is 24.0 Å². The largest absolute Gasteiger partial charge is 0.370 e. The van der Waals surface area contributed by atoms with Gasteiger partial charge in [-0.1, -0.05) is 24.6 Å². The lowest BCUT2D eigenvalue weighted by Gasteiger charge is -2.22. The monoisotopic (exact) mass is 390 g/mol. The fourth-order valence-corrected chi connectivity index (χ4v) is 1.68. The number of hydrogen-bond donors (Lipinski definition) is 2. The van der Waals surface area contributed by atoms with Crippen LogP contribution in [0.1, 0.15) is 25.8 Å². The van der Waals surface area contributed by atoms with Crippen molar-refractivity contribution >= 4 is 35.6 Å². The first-order chi connectivity index (χ1) is 9.02. The van der Waals surface area contributed by atoms with Gasteiger partial charge in [0.1, 0.15) is 0 Å². The van der Waals surface area contributed by atoms with Gasteiger partial charge < -0.3 is 16.0 Å². The second-order valence-electron chi connectivity index (χ2n) is 5.00. The molecular formula is C15H27IN4. The van der Waals surface area contributed by atoms with Crippen molar-refractivity contribution in [3.05, 3.63) is 29.8 Å². The lowest BCUT2D eigenvalue weighted by Crippen LogP contribution is -2.31. The molecule has 1 rings (SSSR count). The summed E-state index contributed by atoms with van der Waals surface area (Å²) >= 11 is 0. The van der Waals surface area contributed by atoms with Gasteiger partial charge in [-0.15, -0.1) is 24.0 Å². The lowest BCUT2D eigenvalue weighted by molar-refractivity contribution is 0.259. The minimum atomic E-state index is 0. The summed E-state index contributed by atoms with van der Waals surface area (Å²) < 4.78 is 0. The smallest absolute Gasteiger partial charge is 0.193 e. The molecule has 1 aromatic rings. The number of rotatable bonds is 6. The summed E-state index contributed by atoms with van der Waals surface area (Å²) in [5.74, 6) is 0.474. The van der Waals surface area contributed by atoms with Crippen molar-refractivity contribution < 1.29 is 0 Å². The van der Waals surface area contributed by atoms with E-state index in [9.17, 15) is 0 Å². The van der Waals surface area contributed by atoms with E-state index in [1.54, 1.807) is 0 Å². The molecule has 0 aliphatic rings. The molecule has 0 aliphatic heterocycles. The van der Waals surface area contributed by atoms with Crippen LogP contribution in [0.5, 0.6) is 0 Å². The molecule has 0 fully saturated rings. The number of halogens is 1. The van der Waals surface area contributed by atoms with Crippen LogP contribution in [-0.2, 0) is 0 Å². The molecule has 3 N–H and O–H groups in total. The van der Waals surface area contributed by atoms with Gasteiger partial charge >= 0.3 is 0 Å². The Labute approximate surface area is 139 Å². The Bertz CT molecular complexity index is 403. The molecule has 0 amide bonds. The molecule has 1 atom stereocenters. The zero-order valence-electron chi connectivity index (χ0n) is 12.9. The Morgan fingerprint density at radius 1 is 1.35 bits per heavy atom. The van der Waals surface area contributed by atoms with Gasteiger partial charge in [0.05, 0.1) is 6.54 Å². The third kappa shape index (κ3) is 7.09. The topological polar surface area (TPSA) is 53.6 Å². The number of nitrogens with zero attached hydrogens (tertiary/aromatic N) is 2. The summed E-state index contributed by atoms with van der Waals surface area (Å²) in [6, 6.07) is 8.69. The number of nitrogens with two attached hydrogens (primary N) is 1. The van der Waals surface area contributed by atoms with E-state index in [0.717, 1.165) is 18.7 Å². The van der Waals surface area contributed by atoms with Crippen LogP contribution in [0, 0.1) is 6.92 Å². The fraction of sp³-hybridized carbons (Fsp3) is 0.533. The van der Waals surface area contributed by atoms with E-state index in [0.29, 0.717) is 18.5 Å². The van der Waals surface area contributed by atoms with Gasteiger partial charge in [-0.05, 0) is 39.4 Å². The first-order valence-electron chi connectivity index (χ1n) is 6.86.